The van der Waals surface area contributed by atoms with Gasteiger partial charge in [0.2, 0.25) is 0 Å². The number of fused-ring (bicyclic) bond motifs is 1. The van der Waals surface area contributed by atoms with Gasteiger partial charge < -0.3 is 0 Å². The fourth-order valence-electron chi connectivity index (χ4n) is 2.47. The molecule has 18 heavy (non-hydrogen) atoms. The van der Waals surface area contributed by atoms with Crippen LogP contribution < -0.4 is 0 Å². The minimum absolute atomic E-state index is 0.929. The van der Waals surface area contributed by atoms with E-state index >= 15 is 0 Å². The second-order valence-corrected chi connectivity index (χ2v) is 4.72. The number of hydrogen-bond acceptors (Lipinski definition) is 1. The Balaban J connectivity index is 2.07. The molecule has 0 unspecified atom stereocenters. The largest absolute Gasteiger partial charge is 0.272 e. The Morgan fingerprint density at radius 2 is 1.83 bits per heavy atom. The molecule has 2 nitrogen and oxygen atoms in total. The smallest absolute Gasteiger partial charge is 0.0596 e. The highest BCUT2D eigenvalue weighted by molar-refractivity contribution is 5.85. The Bertz CT molecular complexity index is 690. The highest BCUT2D eigenvalue weighted by Crippen LogP contribution is 2.21. The van der Waals surface area contributed by atoms with Crippen LogP contribution in [0.3, 0.4) is 0 Å². The van der Waals surface area contributed by atoms with Gasteiger partial charge >= 0.3 is 0 Å². The van der Waals surface area contributed by atoms with Crippen molar-refractivity contribution in [2.45, 2.75) is 13.3 Å². The lowest BCUT2D eigenvalue weighted by molar-refractivity contribution is 0.717. The van der Waals surface area contributed by atoms with Crippen LogP contribution in [0.15, 0.2) is 48.5 Å². The fraction of sp³-hybridized carbons (Fsp3) is 0.188. The Morgan fingerprint density at radius 1 is 1.06 bits per heavy atom. The van der Waals surface area contributed by atoms with Crippen LogP contribution in [0, 0.1) is 6.92 Å². The molecule has 90 valence electrons. The number of nitrogens with zero attached hydrogens (tertiary/aromatic N) is 2. The van der Waals surface area contributed by atoms with Gasteiger partial charge in [0.25, 0.3) is 0 Å². The molecule has 2 heteroatoms. The number of hydrogen-bond donors (Lipinski definition) is 0. The molecule has 0 aliphatic rings. The Hall–Kier alpha value is -2.09. The highest BCUT2D eigenvalue weighted by atomic mass is 15.3. The first-order chi connectivity index (χ1) is 8.74. The van der Waals surface area contributed by atoms with E-state index in [9.17, 15) is 0 Å². The maximum absolute atomic E-state index is 4.40. The van der Waals surface area contributed by atoms with Crippen LogP contribution in [0.1, 0.15) is 17.0 Å². The summed E-state index contributed by atoms with van der Waals surface area (Å²) >= 11 is 0. The van der Waals surface area contributed by atoms with Gasteiger partial charge in [0.1, 0.15) is 0 Å². The Morgan fingerprint density at radius 3 is 2.61 bits per heavy atom. The topological polar surface area (TPSA) is 17.8 Å². The maximum atomic E-state index is 4.40. The standard InChI is InChI=1S/C16H16N2/c1-12-10-15(18(2)17-12)11-14-8-5-7-13-6-3-4-9-16(13)14/h3-10H,11H2,1-2H3. The molecule has 3 rings (SSSR count). The molecule has 0 spiro atoms. The third-order valence-corrected chi connectivity index (χ3v) is 3.35. The van der Waals surface area contributed by atoms with Gasteiger partial charge in [-0.05, 0) is 29.3 Å². The first kappa shape index (κ1) is 11.0. The van der Waals surface area contributed by atoms with Gasteiger partial charge in [-0.2, -0.15) is 5.10 Å². The van der Waals surface area contributed by atoms with E-state index in [0.29, 0.717) is 0 Å². The monoisotopic (exact) mass is 236 g/mol. The van der Waals surface area contributed by atoms with Crippen LogP contribution in [0.25, 0.3) is 10.8 Å². The molecule has 0 bridgehead atoms. The minimum Gasteiger partial charge on any atom is -0.272 e. The maximum Gasteiger partial charge on any atom is 0.0596 e. The normalized spacial score (nSPS) is 11.0. The zero-order valence-electron chi connectivity index (χ0n) is 10.7. The average Bonchev–Trinajstić information content (AvgIpc) is 2.68. The van der Waals surface area contributed by atoms with Gasteiger partial charge in [-0.25, -0.2) is 0 Å². The molecule has 0 fully saturated rings. The van der Waals surface area contributed by atoms with E-state index in [1.54, 1.807) is 0 Å². The Labute approximate surface area is 107 Å². The van der Waals surface area contributed by atoms with E-state index in [-0.39, 0.29) is 0 Å². The summed E-state index contributed by atoms with van der Waals surface area (Å²) in [4.78, 5) is 0. The molecule has 1 aromatic heterocycles. The molecule has 0 aliphatic heterocycles. The molecular weight excluding hydrogens is 220 g/mol. The molecule has 0 saturated carbocycles. The van der Waals surface area contributed by atoms with Crippen LogP contribution in [0.2, 0.25) is 0 Å². The predicted molar refractivity (Wildman–Crippen MR) is 74.7 cm³/mol. The molecule has 0 radical (unpaired) electrons. The molecule has 1 heterocycles. The Kier molecular flexibility index (Phi) is 2.63. The molecule has 2 aromatic carbocycles. The molecule has 0 N–H and O–H groups in total. The second-order valence-electron chi connectivity index (χ2n) is 4.72. The minimum atomic E-state index is 0.929. The summed E-state index contributed by atoms with van der Waals surface area (Å²) in [5, 5.41) is 7.04. The van der Waals surface area contributed by atoms with Crippen molar-refractivity contribution >= 4 is 10.8 Å². The van der Waals surface area contributed by atoms with Gasteiger partial charge in [0, 0.05) is 19.2 Å². The van der Waals surface area contributed by atoms with Gasteiger partial charge in [0.15, 0.2) is 0 Å². The van der Waals surface area contributed by atoms with Crippen molar-refractivity contribution in [2.24, 2.45) is 7.05 Å². The SMILES string of the molecule is Cc1cc(Cc2cccc3ccccc23)n(C)n1. The first-order valence-electron chi connectivity index (χ1n) is 6.20. The lowest BCUT2D eigenvalue weighted by Crippen LogP contribution is -1.99. The van der Waals surface area contributed by atoms with Crippen LogP contribution in [-0.2, 0) is 13.5 Å². The van der Waals surface area contributed by atoms with E-state index in [4.69, 9.17) is 0 Å². The zero-order valence-corrected chi connectivity index (χ0v) is 10.7. The predicted octanol–water partition coefficient (Wildman–Crippen LogP) is 3.47. The summed E-state index contributed by atoms with van der Waals surface area (Å²) in [5.74, 6) is 0. The van der Waals surface area contributed by atoms with Gasteiger partial charge in [-0.15, -0.1) is 0 Å². The lowest BCUT2D eigenvalue weighted by atomic mass is 10.0. The number of benzene rings is 2. The van der Waals surface area contributed by atoms with Crippen molar-refractivity contribution in [2.75, 3.05) is 0 Å². The quantitative estimate of drug-likeness (QED) is 0.666. The summed E-state index contributed by atoms with van der Waals surface area (Å²) < 4.78 is 1.97. The highest BCUT2D eigenvalue weighted by Gasteiger charge is 2.06. The van der Waals surface area contributed by atoms with Crippen molar-refractivity contribution < 1.29 is 0 Å². The number of rotatable bonds is 2. The third-order valence-electron chi connectivity index (χ3n) is 3.35. The summed E-state index contributed by atoms with van der Waals surface area (Å²) in [6.07, 6.45) is 0.929. The molecule has 0 amide bonds. The van der Waals surface area contributed by atoms with Crippen molar-refractivity contribution in [3.63, 3.8) is 0 Å². The second kappa shape index (κ2) is 4.30. The lowest BCUT2D eigenvalue weighted by Gasteiger charge is -2.06. The van der Waals surface area contributed by atoms with E-state index in [2.05, 4.69) is 53.6 Å². The number of aryl methyl sites for hydroxylation is 2. The van der Waals surface area contributed by atoms with E-state index in [1.165, 1.54) is 22.0 Å². The molecule has 0 atom stereocenters. The van der Waals surface area contributed by atoms with Crippen molar-refractivity contribution in [1.82, 2.24) is 9.78 Å². The molecule has 3 aromatic rings. The van der Waals surface area contributed by atoms with E-state index < -0.39 is 0 Å². The van der Waals surface area contributed by atoms with Crippen molar-refractivity contribution in [3.05, 3.63) is 65.5 Å². The van der Waals surface area contributed by atoms with Gasteiger partial charge in [-0.1, -0.05) is 42.5 Å². The summed E-state index contributed by atoms with van der Waals surface area (Å²) in [6.45, 7) is 2.03. The number of aromatic nitrogens is 2. The fourth-order valence-corrected chi connectivity index (χ4v) is 2.47. The van der Waals surface area contributed by atoms with Crippen LogP contribution in [0.5, 0.6) is 0 Å². The van der Waals surface area contributed by atoms with Gasteiger partial charge in [-0.3, -0.25) is 4.68 Å². The van der Waals surface area contributed by atoms with Crippen molar-refractivity contribution in [3.8, 4) is 0 Å². The van der Waals surface area contributed by atoms with E-state index in [1.807, 2.05) is 18.7 Å². The van der Waals surface area contributed by atoms with Crippen LogP contribution in [-0.4, -0.2) is 9.78 Å². The molecule has 0 saturated heterocycles. The van der Waals surface area contributed by atoms with Crippen LogP contribution in [0.4, 0.5) is 0 Å². The summed E-state index contributed by atoms with van der Waals surface area (Å²) in [7, 11) is 2.01. The summed E-state index contributed by atoms with van der Waals surface area (Å²) in [6, 6.07) is 17.2. The third kappa shape index (κ3) is 1.90. The van der Waals surface area contributed by atoms with E-state index in [0.717, 1.165) is 12.1 Å². The van der Waals surface area contributed by atoms with Crippen molar-refractivity contribution in [1.29, 1.82) is 0 Å². The zero-order chi connectivity index (χ0) is 12.5. The first-order valence-corrected chi connectivity index (χ1v) is 6.20. The molecule has 0 aliphatic carbocycles. The average molecular weight is 236 g/mol. The van der Waals surface area contributed by atoms with Crippen LogP contribution >= 0.6 is 0 Å². The summed E-state index contributed by atoms with van der Waals surface area (Å²) in [5.41, 5.74) is 3.69. The van der Waals surface area contributed by atoms with Gasteiger partial charge in [0.05, 0.1) is 5.69 Å². The molecular formula is C16H16N2.